The Morgan fingerprint density at radius 3 is 2.96 bits per heavy atom. The monoisotopic (exact) mass is 304 g/mol. The molecule has 0 saturated carbocycles. The van der Waals surface area contributed by atoms with Crippen LogP contribution in [0.25, 0.3) is 10.9 Å². The second-order valence-corrected chi connectivity index (χ2v) is 6.09. The van der Waals surface area contributed by atoms with Crippen molar-refractivity contribution in [1.82, 2.24) is 10.3 Å². The topological polar surface area (TPSA) is 34.1 Å². The van der Waals surface area contributed by atoms with Crippen molar-refractivity contribution in [3.05, 3.63) is 70.9 Å². The number of hydrogen-bond acceptors (Lipinski definition) is 3. The predicted octanol–water partition coefficient (Wildman–Crippen LogP) is 3.77. The van der Waals surface area contributed by atoms with E-state index in [1.807, 2.05) is 13.0 Å². The van der Waals surface area contributed by atoms with Crippen LogP contribution < -0.4 is 10.1 Å². The lowest BCUT2D eigenvalue weighted by Gasteiger charge is -2.18. The van der Waals surface area contributed by atoms with Gasteiger partial charge in [-0.25, -0.2) is 0 Å². The number of aromatic nitrogens is 1. The lowest BCUT2D eigenvalue weighted by atomic mass is 10.0. The number of nitrogens with zero attached hydrogens (tertiary/aromatic N) is 1. The van der Waals surface area contributed by atoms with Gasteiger partial charge in [-0.15, -0.1) is 0 Å². The lowest BCUT2D eigenvalue weighted by molar-refractivity contribution is 0.307. The summed E-state index contributed by atoms with van der Waals surface area (Å²) in [6, 6.07) is 16.8. The Hall–Kier alpha value is -2.39. The molecule has 0 atom stereocenters. The summed E-state index contributed by atoms with van der Waals surface area (Å²) >= 11 is 0. The highest BCUT2D eigenvalue weighted by atomic mass is 16.5. The van der Waals surface area contributed by atoms with Crippen LogP contribution in [0, 0.1) is 6.92 Å². The van der Waals surface area contributed by atoms with Crippen molar-refractivity contribution in [2.24, 2.45) is 0 Å². The number of hydrogen-bond donors (Lipinski definition) is 1. The molecule has 4 rings (SSSR count). The molecule has 0 radical (unpaired) electrons. The molecule has 0 spiro atoms. The Bertz CT molecular complexity index is 857. The van der Waals surface area contributed by atoms with Crippen LogP contribution in [0.15, 0.2) is 48.5 Å². The number of fused-ring (bicyclic) bond motifs is 2. The smallest absolute Gasteiger partial charge is 0.120 e. The molecular formula is C20H20N2O. The van der Waals surface area contributed by atoms with Gasteiger partial charge in [0.05, 0.1) is 5.52 Å². The summed E-state index contributed by atoms with van der Waals surface area (Å²) in [6.07, 6.45) is 1.07. The van der Waals surface area contributed by atoms with Crippen molar-refractivity contribution >= 4 is 10.9 Å². The Morgan fingerprint density at radius 2 is 2.00 bits per heavy atom. The van der Waals surface area contributed by atoms with Gasteiger partial charge in [0, 0.05) is 23.2 Å². The molecule has 0 amide bonds. The van der Waals surface area contributed by atoms with Gasteiger partial charge in [0.15, 0.2) is 0 Å². The Balaban J connectivity index is 1.60. The van der Waals surface area contributed by atoms with Gasteiger partial charge >= 0.3 is 0 Å². The van der Waals surface area contributed by atoms with Gasteiger partial charge in [0.1, 0.15) is 12.4 Å². The van der Waals surface area contributed by atoms with Crippen LogP contribution in [-0.4, -0.2) is 11.5 Å². The molecule has 3 nitrogen and oxygen atoms in total. The Labute approximate surface area is 136 Å². The molecule has 0 aliphatic carbocycles. The minimum absolute atomic E-state index is 0.570. The minimum Gasteiger partial charge on any atom is -0.489 e. The highest BCUT2D eigenvalue weighted by Gasteiger charge is 2.10. The van der Waals surface area contributed by atoms with E-state index >= 15 is 0 Å². The van der Waals surface area contributed by atoms with Gasteiger partial charge in [-0.05, 0) is 55.3 Å². The molecular weight excluding hydrogens is 284 g/mol. The molecule has 0 fully saturated rings. The summed E-state index contributed by atoms with van der Waals surface area (Å²) in [5, 5.41) is 4.56. The molecule has 1 aromatic heterocycles. The number of nitrogens with one attached hydrogen (secondary N) is 1. The Kier molecular flexibility index (Phi) is 3.72. The van der Waals surface area contributed by atoms with E-state index in [1.165, 1.54) is 22.1 Å². The summed E-state index contributed by atoms with van der Waals surface area (Å²) in [5.41, 5.74) is 6.03. The van der Waals surface area contributed by atoms with Gasteiger partial charge in [-0.2, -0.15) is 0 Å². The number of pyridine rings is 1. The third-order valence-electron chi connectivity index (χ3n) is 4.39. The van der Waals surface area contributed by atoms with Gasteiger partial charge in [0.25, 0.3) is 0 Å². The fourth-order valence-electron chi connectivity index (χ4n) is 3.22. The largest absolute Gasteiger partial charge is 0.489 e. The molecule has 116 valence electrons. The Morgan fingerprint density at radius 1 is 1.09 bits per heavy atom. The van der Waals surface area contributed by atoms with E-state index in [9.17, 15) is 0 Å². The van der Waals surface area contributed by atoms with Crippen LogP contribution in [0.5, 0.6) is 5.75 Å². The van der Waals surface area contributed by atoms with E-state index < -0.39 is 0 Å². The zero-order chi connectivity index (χ0) is 15.6. The van der Waals surface area contributed by atoms with Crippen LogP contribution >= 0.6 is 0 Å². The predicted molar refractivity (Wildman–Crippen MR) is 92.7 cm³/mol. The molecule has 23 heavy (non-hydrogen) atoms. The maximum Gasteiger partial charge on any atom is 0.120 e. The second-order valence-electron chi connectivity index (χ2n) is 6.09. The molecule has 0 unspecified atom stereocenters. The number of rotatable bonds is 3. The molecule has 1 N–H and O–H groups in total. The van der Waals surface area contributed by atoms with Crippen LogP contribution in [0.3, 0.4) is 0 Å². The molecule has 3 aromatic rings. The zero-order valence-electron chi connectivity index (χ0n) is 13.3. The van der Waals surface area contributed by atoms with Crippen molar-refractivity contribution in [1.29, 1.82) is 0 Å². The van der Waals surface area contributed by atoms with Crippen molar-refractivity contribution in [3.63, 3.8) is 0 Å². The summed E-state index contributed by atoms with van der Waals surface area (Å²) in [6.45, 7) is 4.61. The molecule has 2 heterocycles. The van der Waals surface area contributed by atoms with E-state index in [0.29, 0.717) is 6.61 Å². The standard InChI is InChI=1S/C20H20N2O/c1-14-10-17(19-4-2-3-5-20(19)22-14)13-23-18-7-6-16-12-21-9-8-15(16)11-18/h2-7,10-11,21H,8-9,12-13H2,1H3. The van der Waals surface area contributed by atoms with Gasteiger partial charge in [-0.3, -0.25) is 4.98 Å². The second kappa shape index (κ2) is 6.01. The average molecular weight is 304 g/mol. The molecule has 2 aromatic carbocycles. The van der Waals surface area contributed by atoms with Crippen molar-refractivity contribution < 1.29 is 4.74 Å². The van der Waals surface area contributed by atoms with Crippen LogP contribution in [-0.2, 0) is 19.6 Å². The molecule has 0 saturated heterocycles. The van der Waals surface area contributed by atoms with E-state index in [1.54, 1.807) is 0 Å². The third-order valence-corrected chi connectivity index (χ3v) is 4.39. The normalized spacial score (nSPS) is 13.8. The van der Waals surface area contributed by atoms with Crippen molar-refractivity contribution in [3.8, 4) is 5.75 Å². The van der Waals surface area contributed by atoms with Crippen LogP contribution in [0.2, 0.25) is 0 Å². The molecule has 1 aliphatic rings. The van der Waals surface area contributed by atoms with Crippen molar-refractivity contribution in [2.75, 3.05) is 6.54 Å². The number of benzene rings is 2. The number of ether oxygens (including phenoxy) is 1. The highest BCUT2D eigenvalue weighted by molar-refractivity contribution is 5.82. The van der Waals surface area contributed by atoms with E-state index in [0.717, 1.165) is 36.5 Å². The van der Waals surface area contributed by atoms with Crippen LogP contribution in [0.4, 0.5) is 0 Å². The summed E-state index contributed by atoms with van der Waals surface area (Å²) in [4.78, 5) is 4.59. The highest BCUT2D eigenvalue weighted by Crippen LogP contribution is 2.23. The average Bonchev–Trinajstić information content (AvgIpc) is 2.59. The van der Waals surface area contributed by atoms with Gasteiger partial charge in [-0.1, -0.05) is 24.3 Å². The fraction of sp³-hybridized carbons (Fsp3) is 0.250. The number of para-hydroxylation sites is 1. The van der Waals surface area contributed by atoms with E-state index in [2.05, 4.69) is 52.8 Å². The first kappa shape index (κ1) is 14.2. The van der Waals surface area contributed by atoms with Crippen molar-refractivity contribution in [2.45, 2.75) is 26.5 Å². The lowest BCUT2D eigenvalue weighted by Crippen LogP contribution is -2.23. The summed E-state index contributed by atoms with van der Waals surface area (Å²) in [5.74, 6) is 0.948. The summed E-state index contributed by atoms with van der Waals surface area (Å²) < 4.78 is 6.07. The fourth-order valence-corrected chi connectivity index (χ4v) is 3.22. The van der Waals surface area contributed by atoms with E-state index in [4.69, 9.17) is 4.74 Å². The zero-order valence-corrected chi connectivity index (χ0v) is 13.3. The summed E-state index contributed by atoms with van der Waals surface area (Å²) in [7, 11) is 0. The SMILES string of the molecule is Cc1cc(COc2ccc3c(c2)CCNC3)c2ccccc2n1. The first-order valence-electron chi connectivity index (χ1n) is 8.10. The van der Waals surface area contributed by atoms with Gasteiger partial charge in [0.2, 0.25) is 0 Å². The van der Waals surface area contributed by atoms with E-state index in [-0.39, 0.29) is 0 Å². The molecule has 3 heteroatoms. The third kappa shape index (κ3) is 2.92. The maximum atomic E-state index is 6.07. The van der Waals surface area contributed by atoms with Crippen LogP contribution in [0.1, 0.15) is 22.4 Å². The van der Waals surface area contributed by atoms with Gasteiger partial charge < -0.3 is 10.1 Å². The minimum atomic E-state index is 0.570. The maximum absolute atomic E-state index is 6.07. The quantitative estimate of drug-likeness (QED) is 0.800. The first-order chi connectivity index (χ1) is 11.3. The molecule has 0 bridgehead atoms. The first-order valence-corrected chi connectivity index (χ1v) is 8.10. The number of aryl methyl sites for hydroxylation is 1. The molecule has 1 aliphatic heterocycles.